The topological polar surface area (TPSA) is 77.7 Å². The maximum absolute atomic E-state index is 10.7. The highest BCUT2D eigenvalue weighted by Gasteiger charge is 2.27. The van der Waals surface area contributed by atoms with Crippen molar-refractivity contribution in [3.8, 4) is 0 Å². The van der Waals surface area contributed by atoms with Crippen molar-refractivity contribution in [3.63, 3.8) is 0 Å². The van der Waals surface area contributed by atoms with Crippen LogP contribution < -0.4 is 4.90 Å². The maximum Gasteiger partial charge on any atom is 0.288 e. The van der Waals surface area contributed by atoms with Gasteiger partial charge in [0.15, 0.2) is 0 Å². The van der Waals surface area contributed by atoms with E-state index >= 15 is 0 Å². The summed E-state index contributed by atoms with van der Waals surface area (Å²) >= 11 is 3.35. The highest BCUT2D eigenvalue weighted by atomic mass is 79.9. The summed E-state index contributed by atoms with van der Waals surface area (Å²) in [6, 6.07) is 1.47. The Morgan fingerprint density at radius 3 is 3.00 bits per heavy atom. The van der Waals surface area contributed by atoms with Gasteiger partial charge in [0.2, 0.25) is 0 Å². The van der Waals surface area contributed by atoms with E-state index in [0.29, 0.717) is 30.0 Å². The lowest BCUT2D eigenvalue weighted by Crippen LogP contribution is -2.48. The summed E-state index contributed by atoms with van der Waals surface area (Å²) in [5.41, 5.74) is -0.0321. The first-order valence-electron chi connectivity index (χ1n) is 6.20. The van der Waals surface area contributed by atoms with Gasteiger partial charge in [0, 0.05) is 26.3 Å². The van der Waals surface area contributed by atoms with Gasteiger partial charge in [-0.05, 0) is 22.9 Å². The van der Waals surface area contributed by atoms with Crippen LogP contribution in [0.4, 0.5) is 11.5 Å². The van der Waals surface area contributed by atoms with Crippen molar-refractivity contribution in [2.24, 2.45) is 0 Å². The molecule has 1 aliphatic heterocycles. The van der Waals surface area contributed by atoms with Gasteiger partial charge in [0.1, 0.15) is 12.0 Å². The second-order valence-electron chi connectivity index (χ2n) is 4.69. The molecule has 1 fully saturated rings. The second-order valence-corrected chi connectivity index (χ2v) is 5.54. The smallest absolute Gasteiger partial charge is 0.288 e. The number of nitrogens with zero attached hydrogens (tertiary/aromatic N) is 3. The van der Waals surface area contributed by atoms with Crippen LogP contribution in [0.1, 0.15) is 6.92 Å². The number of pyridine rings is 1. The Balaban J connectivity index is 2.19. The molecule has 0 aromatic carbocycles. The van der Waals surface area contributed by atoms with Crippen molar-refractivity contribution in [2.75, 3.05) is 31.7 Å². The average molecular weight is 346 g/mol. The van der Waals surface area contributed by atoms with Gasteiger partial charge in [-0.25, -0.2) is 4.98 Å². The molecule has 7 nitrogen and oxygen atoms in total. The van der Waals surface area contributed by atoms with Gasteiger partial charge in [0.25, 0.3) is 5.69 Å². The molecule has 110 valence electrons. The Morgan fingerprint density at radius 1 is 1.65 bits per heavy atom. The molecule has 2 unspecified atom stereocenters. The van der Waals surface area contributed by atoms with E-state index in [-0.39, 0.29) is 17.9 Å². The molecule has 2 atom stereocenters. The van der Waals surface area contributed by atoms with Gasteiger partial charge in [-0.15, -0.1) is 0 Å². The molecule has 0 bridgehead atoms. The van der Waals surface area contributed by atoms with E-state index in [0.717, 1.165) is 0 Å². The minimum absolute atomic E-state index is 0.0321. The highest BCUT2D eigenvalue weighted by Crippen LogP contribution is 2.29. The summed E-state index contributed by atoms with van der Waals surface area (Å²) in [7, 11) is 1.63. The molecule has 0 spiro atoms. The van der Waals surface area contributed by atoms with Crippen molar-refractivity contribution >= 4 is 27.4 Å². The third-order valence-corrected chi connectivity index (χ3v) is 3.58. The van der Waals surface area contributed by atoms with E-state index < -0.39 is 4.92 Å². The standard InChI is InChI=1S/C12H16BrN3O4/c1-8-5-15(6-10(20-8)7-19-2)12-11(13)3-9(4-14-12)16(17)18/h3-4,8,10H,5-7H2,1-2H3. The number of ether oxygens (including phenoxy) is 2. The fourth-order valence-electron chi connectivity index (χ4n) is 2.25. The third-order valence-electron chi connectivity index (χ3n) is 3.00. The summed E-state index contributed by atoms with van der Waals surface area (Å²) in [4.78, 5) is 16.5. The molecule has 0 aliphatic carbocycles. The van der Waals surface area contributed by atoms with Crippen LogP contribution in [0.3, 0.4) is 0 Å². The van der Waals surface area contributed by atoms with Crippen molar-refractivity contribution in [3.05, 3.63) is 26.9 Å². The molecule has 0 saturated carbocycles. The Labute approximate surface area is 125 Å². The Hall–Kier alpha value is -1.25. The van der Waals surface area contributed by atoms with Crippen LogP contribution in [0.25, 0.3) is 0 Å². The van der Waals surface area contributed by atoms with E-state index in [9.17, 15) is 10.1 Å². The molecule has 0 N–H and O–H groups in total. The van der Waals surface area contributed by atoms with E-state index in [1.165, 1.54) is 12.3 Å². The van der Waals surface area contributed by atoms with Crippen molar-refractivity contribution in [1.29, 1.82) is 0 Å². The number of methoxy groups -OCH3 is 1. The highest BCUT2D eigenvalue weighted by molar-refractivity contribution is 9.10. The Morgan fingerprint density at radius 2 is 2.40 bits per heavy atom. The van der Waals surface area contributed by atoms with Gasteiger partial charge in [-0.1, -0.05) is 0 Å². The van der Waals surface area contributed by atoms with Crippen molar-refractivity contribution in [2.45, 2.75) is 19.1 Å². The first-order chi connectivity index (χ1) is 9.51. The number of hydrogen-bond donors (Lipinski definition) is 0. The van der Waals surface area contributed by atoms with Gasteiger partial charge in [-0.3, -0.25) is 10.1 Å². The van der Waals surface area contributed by atoms with Crippen LogP contribution in [-0.4, -0.2) is 48.9 Å². The molecule has 2 rings (SSSR count). The third kappa shape index (κ3) is 3.44. The SMILES string of the molecule is COCC1CN(c2ncc([N+](=O)[O-])cc2Br)CC(C)O1. The zero-order valence-corrected chi connectivity index (χ0v) is 12.9. The van der Waals surface area contributed by atoms with Crippen LogP contribution in [0.15, 0.2) is 16.7 Å². The predicted molar refractivity (Wildman–Crippen MR) is 77.0 cm³/mol. The molecular formula is C12H16BrN3O4. The van der Waals surface area contributed by atoms with Crippen LogP contribution in [-0.2, 0) is 9.47 Å². The number of hydrogen-bond acceptors (Lipinski definition) is 6. The number of rotatable bonds is 4. The summed E-state index contributed by atoms with van der Waals surface area (Å²) in [5, 5.41) is 10.7. The summed E-state index contributed by atoms with van der Waals surface area (Å²) < 4.78 is 11.5. The number of anilines is 1. The van der Waals surface area contributed by atoms with Crippen molar-refractivity contribution < 1.29 is 14.4 Å². The quantitative estimate of drug-likeness (QED) is 0.613. The van der Waals surface area contributed by atoms with Crippen molar-refractivity contribution in [1.82, 2.24) is 4.98 Å². The predicted octanol–water partition coefficient (Wildman–Crippen LogP) is 1.99. The van der Waals surface area contributed by atoms with Gasteiger partial charge in [0.05, 0.1) is 28.2 Å². The number of nitro groups is 1. The van der Waals surface area contributed by atoms with E-state index in [4.69, 9.17) is 9.47 Å². The lowest BCUT2D eigenvalue weighted by atomic mass is 10.2. The monoisotopic (exact) mass is 345 g/mol. The largest absolute Gasteiger partial charge is 0.382 e. The molecule has 1 aromatic rings. The molecule has 0 radical (unpaired) electrons. The van der Waals surface area contributed by atoms with Crippen LogP contribution in [0.5, 0.6) is 0 Å². The molecular weight excluding hydrogens is 330 g/mol. The number of halogens is 1. The lowest BCUT2D eigenvalue weighted by molar-refractivity contribution is -0.385. The molecule has 2 heterocycles. The Kier molecular flexibility index (Phi) is 4.90. The van der Waals surface area contributed by atoms with E-state index in [1.54, 1.807) is 7.11 Å². The van der Waals surface area contributed by atoms with E-state index in [1.807, 2.05) is 11.8 Å². The summed E-state index contributed by atoms with van der Waals surface area (Å²) in [6.07, 6.45) is 1.28. The number of aromatic nitrogens is 1. The fourth-order valence-corrected chi connectivity index (χ4v) is 2.84. The summed E-state index contributed by atoms with van der Waals surface area (Å²) in [5.74, 6) is 0.687. The van der Waals surface area contributed by atoms with Crippen LogP contribution >= 0.6 is 15.9 Å². The van der Waals surface area contributed by atoms with E-state index in [2.05, 4.69) is 20.9 Å². The summed E-state index contributed by atoms with van der Waals surface area (Å²) in [6.45, 7) is 3.81. The number of morpholine rings is 1. The lowest BCUT2D eigenvalue weighted by Gasteiger charge is -2.37. The zero-order valence-electron chi connectivity index (χ0n) is 11.3. The Bertz CT molecular complexity index is 500. The zero-order chi connectivity index (χ0) is 14.7. The maximum atomic E-state index is 10.7. The van der Waals surface area contributed by atoms with Crippen LogP contribution in [0.2, 0.25) is 0 Å². The molecule has 20 heavy (non-hydrogen) atoms. The normalized spacial score (nSPS) is 22.9. The minimum Gasteiger partial charge on any atom is -0.382 e. The van der Waals surface area contributed by atoms with Gasteiger partial charge in [-0.2, -0.15) is 0 Å². The molecule has 1 aromatic heterocycles. The molecule has 0 amide bonds. The first-order valence-corrected chi connectivity index (χ1v) is 7.00. The average Bonchev–Trinajstić information content (AvgIpc) is 2.38. The molecule has 8 heteroatoms. The minimum atomic E-state index is -0.461. The van der Waals surface area contributed by atoms with Crippen LogP contribution in [0, 0.1) is 10.1 Å². The molecule has 1 aliphatic rings. The fraction of sp³-hybridized carbons (Fsp3) is 0.583. The van der Waals surface area contributed by atoms with Gasteiger partial charge >= 0.3 is 0 Å². The van der Waals surface area contributed by atoms with Gasteiger partial charge < -0.3 is 14.4 Å². The first kappa shape index (κ1) is 15.1. The second kappa shape index (κ2) is 6.47. The molecule has 1 saturated heterocycles.